The molecule has 1 N–H and O–H groups in total. The number of hydrogen-bond acceptors (Lipinski definition) is 5. The van der Waals surface area contributed by atoms with Crippen molar-refractivity contribution in [3.05, 3.63) is 24.3 Å². The normalized spacial score (nSPS) is 21.7. The summed E-state index contributed by atoms with van der Waals surface area (Å²) in [5.74, 6) is 1.10. The number of aliphatic hydroxyl groups is 1. The van der Waals surface area contributed by atoms with E-state index in [0.717, 1.165) is 17.7 Å². The molecule has 0 spiro atoms. The maximum Gasteiger partial charge on any atom is 0.327 e. The van der Waals surface area contributed by atoms with Crippen LogP contribution in [0, 0.1) is 0 Å². The van der Waals surface area contributed by atoms with Gasteiger partial charge < -0.3 is 19.5 Å². The van der Waals surface area contributed by atoms with Crippen molar-refractivity contribution in [2.45, 2.75) is 31.4 Å². The summed E-state index contributed by atoms with van der Waals surface area (Å²) in [6, 6.07) is 6.34. The Balaban J connectivity index is 1.53. The molecule has 7 heteroatoms. The van der Waals surface area contributed by atoms with E-state index in [1.807, 2.05) is 0 Å². The molecule has 0 unspecified atom stereocenters. The van der Waals surface area contributed by atoms with Gasteiger partial charge in [-0.2, -0.15) is 0 Å². The summed E-state index contributed by atoms with van der Waals surface area (Å²) in [6.07, 6.45) is 1.66. The van der Waals surface area contributed by atoms with Crippen molar-refractivity contribution < 1.29 is 24.2 Å². The predicted octanol–water partition coefficient (Wildman–Crippen LogP) is 1.25. The smallest absolute Gasteiger partial charge is 0.327 e. The Hall–Kier alpha value is -2.28. The third-order valence-electron chi connectivity index (χ3n) is 4.43. The molecule has 3 amide bonds. The molecule has 2 heterocycles. The van der Waals surface area contributed by atoms with Crippen LogP contribution in [0.2, 0.25) is 0 Å². The highest BCUT2D eigenvalue weighted by atomic mass is 16.5. The number of amides is 3. The number of piperidine rings is 1. The Morgan fingerprint density at radius 2 is 1.92 bits per heavy atom. The molecule has 3 rings (SSSR count). The molecule has 0 saturated carbocycles. The first kappa shape index (κ1) is 16.6. The first-order chi connectivity index (χ1) is 11.6. The fourth-order valence-electron chi connectivity index (χ4n) is 3.14. The fraction of sp³-hybridized carbons (Fsp3) is 0.529. The minimum Gasteiger partial charge on any atom is -0.497 e. The van der Waals surface area contributed by atoms with Crippen molar-refractivity contribution in [3.8, 4) is 11.5 Å². The van der Waals surface area contributed by atoms with E-state index in [9.17, 15) is 14.7 Å². The van der Waals surface area contributed by atoms with Gasteiger partial charge in [-0.25, -0.2) is 4.79 Å². The number of β-amino-alcohol motifs (C(OH)–C–C–N with tert-alkyl or cyclic N) is 1. The summed E-state index contributed by atoms with van der Waals surface area (Å²) in [6.45, 7) is 0.582. The van der Waals surface area contributed by atoms with Crippen LogP contribution in [0.1, 0.15) is 19.3 Å². The van der Waals surface area contributed by atoms with Gasteiger partial charge in [0.2, 0.25) is 0 Å². The molecule has 2 fully saturated rings. The van der Waals surface area contributed by atoms with Crippen LogP contribution >= 0.6 is 0 Å². The molecule has 0 bridgehead atoms. The Morgan fingerprint density at radius 3 is 2.58 bits per heavy atom. The van der Waals surface area contributed by atoms with E-state index in [1.165, 1.54) is 0 Å². The molecular formula is C17H22N2O5. The lowest BCUT2D eigenvalue weighted by Gasteiger charge is -2.26. The maximum absolute atomic E-state index is 12.3. The molecule has 2 aliphatic heterocycles. The van der Waals surface area contributed by atoms with Gasteiger partial charge in [0.15, 0.2) is 0 Å². The van der Waals surface area contributed by atoms with Crippen LogP contribution in [-0.4, -0.2) is 65.8 Å². The number of carbonyl (C=O) groups is 2. The average molecular weight is 334 g/mol. The molecule has 7 nitrogen and oxygen atoms in total. The zero-order valence-electron chi connectivity index (χ0n) is 13.7. The molecule has 1 aromatic carbocycles. The Morgan fingerprint density at radius 1 is 1.21 bits per heavy atom. The number of aliphatic hydroxyl groups excluding tert-OH is 1. The number of methoxy groups -OCH3 is 1. The molecule has 0 radical (unpaired) electrons. The van der Waals surface area contributed by atoms with E-state index in [-0.39, 0.29) is 31.1 Å². The first-order valence-electron chi connectivity index (χ1n) is 8.17. The van der Waals surface area contributed by atoms with Crippen molar-refractivity contribution in [1.29, 1.82) is 0 Å². The Bertz CT molecular complexity index is 580. The van der Waals surface area contributed by atoms with Crippen LogP contribution in [0.3, 0.4) is 0 Å². The zero-order chi connectivity index (χ0) is 17.1. The summed E-state index contributed by atoms with van der Waals surface area (Å²) in [5, 5.41) is 10.1. The van der Waals surface area contributed by atoms with Gasteiger partial charge >= 0.3 is 6.03 Å². The number of imide groups is 1. The summed E-state index contributed by atoms with van der Waals surface area (Å²) < 4.78 is 10.6. The minimum atomic E-state index is -0.929. The second kappa shape index (κ2) is 7.09. The Labute approximate surface area is 140 Å². The van der Waals surface area contributed by atoms with Crippen molar-refractivity contribution in [3.63, 3.8) is 0 Å². The summed E-state index contributed by atoms with van der Waals surface area (Å²) >= 11 is 0. The number of ether oxygens (including phenoxy) is 2. The lowest BCUT2D eigenvalue weighted by atomic mass is 10.0. The summed E-state index contributed by atoms with van der Waals surface area (Å²) in [7, 11) is 1.58. The number of nitrogens with zero attached hydrogens (tertiary/aromatic N) is 2. The molecule has 24 heavy (non-hydrogen) atoms. The molecule has 130 valence electrons. The van der Waals surface area contributed by atoms with Crippen LogP contribution in [-0.2, 0) is 4.79 Å². The highest BCUT2D eigenvalue weighted by molar-refractivity contribution is 6.04. The highest BCUT2D eigenvalue weighted by Crippen LogP contribution is 2.26. The number of rotatable bonds is 6. The van der Waals surface area contributed by atoms with Gasteiger partial charge in [0.05, 0.1) is 13.7 Å². The number of fused-ring (bicyclic) bond motifs is 1. The van der Waals surface area contributed by atoms with Crippen molar-refractivity contribution in [2.75, 3.05) is 26.8 Å². The van der Waals surface area contributed by atoms with Gasteiger partial charge in [-0.05, 0) is 43.5 Å². The van der Waals surface area contributed by atoms with E-state index < -0.39 is 6.10 Å². The van der Waals surface area contributed by atoms with E-state index in [4.69, 9.17) is 9.47 Å². The quantitative estimate of drug-likeness (QED) is 0.792. The lowest BCUT2D eigenvalue weighted by Crippen LogP contribution is -2.40. The van der Waals surface area contributed by atoms with Gasteiger partial charge in [-0.1, -0.05) is 0 Å². The van der Waals surface area contributed by atoms with Crippen LogP contribution < -0.4 is 9.47 Å². The molecule has 2 saturated heterocycles. The zero-order valence-corrected chi connectivity index (χ0v) is 13.7. The second-order valence-electron chi connectivity index (χ2n) is 6.08. The number of hydrogen-bond donors (Lipinski definition) is 1. The van der Waals surface area contributed by atoms with Gasteiger partial charge in [0, 0.05) is 6.54 Å². The van der Waals surface area contributed by atoms with Crippen LogP contribution in [0.5, 0.6) is 11.5 Å². The fourth-order valence-corrected chi connectivity index (χ4v) is 3.14. The van der Waals surface area contributed by atoms with E-state index in [0.29, 0.717) is 24.5 Å². The standard InChI is InChI=1S/C17H22N2O5/c1-23-13-5-7-14(8-6-13)24-11-12(20)10-19-16(21)15-4-2-3-9-18(15)17(19)22/h5-8,12,15,20H,2-4,9-11H2,1H3/t12-,15-/m1/s1. The predicted molar refractivity (Wildman–Crippen MR) is 85.9 cm³/mol. The van der Waals surface area contributed by atoms with Gasteiger partial charge in [-0.15, -0.1) is 0 Å². The number of carbonyl (C=O) groups excluding carboxylic acids is 2. The van der Waals surface area contributed by atoms with E-state index in [2.05, 4.69) is 0 Å². The summed E-state index contributed by atoms with van der Waals surface area (Å²) in [4.78, 5) is 27.4. The van der Waals surface area contributed by atoms with Gasteiger partial charge in [0.1, 0.15) is 30.3 Å². The van der Waals surface area contributed by atoms with Crippen molar-refractivity contribution in [1.82, 2.24) is 9.80 Å². The van der Waals surface area contributed by atoms with Crippen LogP contribution in [0.4, 0.5) is 4.79 Å². The molecule has 1 aromatic rings. The third-order valence-corrected chi connectivity index (χ3v) is 4.43. The molecule has 2 aliphatic rings. The molecule has 0 aromatic heterocycles. The van der Waals surface area contributed by atoms with Crippen LogP contribution in [0.25, 0.3) is 0 Å². The molecule has 2 atom stereocenters. The first-order valence-corrected chi connectivity index (χ1v) is 8.17. The minimum absolute atomic E-state index is 0.00799. The monoisotopic (exact) mass is 334 g/mol. The van der Waals surface area contributed by atoms with Gasteiger partial charge in [0.25, 0.3) is 5.91 Å². The Kier molecular flexibility index (Phi) is 4.89. The molecule has 0 aliphatic carbocycles. The topological polar surface area (TPSA) is 79.3 Å². The highest BCUT2D eigenvalue weighted by Gasteiger charge is 2.46. The van der Waals surface area contributed by atoms with Crippen molar-refractivity contribution in [2.24, 2.45) is 0 Å². The second-order valence-corrected chi connectivity index (χ2v) is 6.08. The lowest BCUT2D eigenvalue weighted by molar-refractivity contribution is -0.129. The van der Waals surface area contributed by atoms with Crippen molar-refractivity contribution >= 4 is 11.9 Å². The van der Waals surface area contributed by atoms with Gasteiger partial charge in [-0.3, -0.25) is 9.69 Å². The third kappa shape index (κ3) is 3.31. The number of benzene rings is 1. The largest absolute Gasteiger partial charge is 0.497 e. The van der Waals surface area contributed by atoms with Crippen LogP contribution in [0.15, 0.2) is 24.3 Å². The maximum atomic E-state index is 12.3. The SMILES string of the molecule is COc1ccc(OC[C@H](O)CN2C(=O)[C@H]3CCCCN3C2=O)cc1. The van der Waals surface area contributed by atoms with E-state index >= 15 is 0 Å². The average Bonchev–Trinajstić information content (AvgIpc) is 2.86. The summed E-state index contributed by atoms with van der Waals surface area (Å²) in [5.41, 5.74) is 0. The molecular weight excluding hydrogens is 312 g/mol. The van der Waals surface area contributed by atoms with E-state index in [1.54, 1.807) is 36.3 Å². The number of urea groups is 1.